The molecule has 0 unspecified atom stereocenters. The summed E-state index contributed by atoms with van der Waals surface area (Å²) in [5, 5.41) is 7.85. The van der Waals surface area contributed by atoms with Crippen LogP contribution in [0.3, 0.4) is 0 Å². The number of nitrogens with one attached hydrogen (secondary N) is 1. The van der Waals surface area contributed by atoms with Gasteiger partial charge in [0.05, 0.1) is 6.54 Å². The van der Waals surface area contributed by atoms with Gasteiger partial charge >= 0.3 is 0 Å². The Labute approximate surface area is 110 Å². The van der Waals surface area contributed by atoms with Crippen LogP contribution in [0.25, 0.3) is 0 Å². The summed E-state index contributed by atoms with van der Waals surface area (Å²) in [5.41, 5.74) is 0.621. The van der Waals surface area contributed by atoms with E-state index in [0.29, 0.717) is 16.8 Å². The maximum Gasteiger partial charge on any atom is 0.268 e. The Morgan fingerprint density at radius 1 is 1.59 bits per heavy atom. The Balaban J connectivity index is 2.43. The molecule has 2 heterocycles. The van der Waals surface area contributed by atoms with Crippen molar-refractivity contribution < 1.29 is 0 Å². The summed E-state index contributed by atoms with van der Waals surface area (Å²) in [7, 11) is 1.80. The molecule has 6 nitrogen and oxygen atoms in total. The number of aryl methyl sites for hydroxylation is 1. The van der Waals surface area contributed by atoms with Crippen LogP contribution in [0.4, 0.5) is 5.00 Å². The van der Waals surface area contributed by atoms with Crippen LogP contribution in [0.2, 0.25) is 0 Å². The largest absolute Gasteiger partial charge is 0.377 e. The maximum atomic E-state index is 11.9. The average Bonchev–Trinajstić information content (AvgIpc) is 2.77. The van der Waals surface area contributed by atoms with Crippen LogP contribution in [0, 0.1) is 6.92 Å². The average molecular weight is 316 g/mol. The van der Waals surface area contributed by atoms with Gasteiger partial charge in [0.25, 0.3) is 5.56 Å². The first-order valence-electron chi connectivity index (χ1n) is 4.84. The van der Waals surface area contributed by atoms with E-state index >= 15 is 0 Å². The van der Waals surface area contributed by atoms with Crippen molar-refractivity contribution >= 4 is 32.5 Å². The minimum atomic E-state index is -0.118. The molecular formula is C9H10BrN5OS. The van der Waals surface area contributed by atoms with E-state index < -0.39 is 0 Å². The topological polar surface area (TPSA) is 72.7 Å². The normalized spacial score (nSPS) is 10.5. The quantitative estimate of drug-likeness (QED) is 0.923. The molecule has 0 bridgehead atoms. The van der Waals surface area contributed by atoms with Crippen LogP contribution >= 0.6 is 27.5 Å². The van der Waals surface area contributed by atoms with E-state index in [0.717, 1.165) is 10.7 Å². The Morgan fingerprint density at radius 3 is 3.06 bits per heavy atom. The molecule has 0 radical (unpaired) electrons. The van der Waals surface area contributed by atoms with Gasteiger partial charge in [0.15, 0.2) is 0 Å². The second kappa shape index (κ2) is 4.92. The number of rotatable bonds is 3. The minimum Gasteiger partial charge on any atom is -0.377 e. The molecule has 2 rings (SSSR count). The van der Waals surface area contributed by atoms with Crippen LogP contribution in [0.1, 0.15) is 11.5 Å². The van der Waals surface area contributed by atoms with Crippen LogP contribution < -0.4 is 10.9 Å². The summed E-state index contributed by atoms with van der Waals surface area (Å²) in [6.07, 6.45) is 1.51. The highest BCUT2D eigenvalue weighted by Crippen LogP contribution is 2.17. The summed E-state index contributed by atoms with van der Waals surface area (Å²) < 4.78 is 5.85. The molecule has 0 saturated carbocycles. The predicted octanol–water partition coefficient (Wildman–Crippen LogP) is 1.26. The Kier molecular flexibility index (Phi) is 3.53. The van der Waals surface area contributed by atoms with E-state index in [-0.39, 0.29) is 5.56 Å². The van der Waals surface area contributed by atoms with Crippen LogP contribution in [-0.4, -0.2) is 26.2 Å². The molecule has 8 heteroatoms. The van der Waals surface area contributed by atoms with Crippen molar-refractivity contribution in [3.63, 3.8) is 0 Å². The van der Waals surface area contributed by atoms with Crippen molar-refractivity contribution in [2.45, 2.75) is 13.5 Å². The van der Waals surface area contributed by atoms with E-state index in [9.17, 15) is 4.79 Å². The summed E-state index contributed by atoms with van der Waals surface area (Å²) in [6, 6.07) is 0. The fourth-order valence-corrected chi connectivity index (χ4v) is 2.23. The SMILES string of the molecule is CNc1snnc1Cn1c(C)ncc(Br)c1=O. The zero-order valence-corrected chi connectivity index (χ0v) is 11.7. The van der Waals surface area contributed by atoms with Gasteiger partial charge in [-0.05, 0) is 22.9 Å². The summed E-state index contributed by atoms with van der Waals surface area (Å²) in [4.78, 5) is 16.1. The van der Waals surface area contributed by atoms with E-state index in [1.807, 2.05) is 0 Å². The lowest BCUT2D eigenvalue weighted by atomic mass is 10.4. The standard InChI is InChI=1S/C9H10BrN5OS/c1-5-12-3-6(10)9(16)15(5)4-7-8(11-2)17-14-13-7/h3,11H,4H2,1-2H3. The number of aromatic nitrogens is 4. The highest BCUT2D eigenvalue weighted by molar-refractivity contribution is 9.10. The first-order chi connectivity index (χ1) is 8.13. The van der Waals surface area contributed by atoms with Crippen molar-refractivity contribution in [2.24, 2.45) is 0 Å². The lowest BCUT2D eigenvalue weighted by Crippen LogP contribution is -2.25. The van der Waals surface area contributed by atoms with E-state index in [4.69, 9.17) is 0 Å². The molecule has 2 aromatic heterocycles. The van der Waals surface area contributed by atoms with Gasteiger partial charge in [-0.25, -0.2) is 4.98 Å². The van der Waals surface area contributed by atoms with E-state index in [2.05, 4.69) is 35.8 Å². The molecule has 90 valence electrons. The minimum absolute atomic E-state index is 0.118. The molecular weight excluding hydrogens is 306 g/mol. The smallest absolute Gasteiger partial charge is 0.268 e. The maximum absolute atomic E-state index is 11.9. The van der Waals surface area contributed by atoms with E-state index in [1.165, 1.54) is 17.7 Å². The lowest BCUT2D eigenvalue weighted by molar-refractivity contribution is 0.680. The van der Waals surface area contributed by atoms with Crippen molar-refractivity contribution in [1.29, 1.82) is 0 Å². The van der Waals surface area contributed by atoms with Crippen LogP contribution in [0.5, 0.6) is 0 Å². The number of hydrogen-bond donors (Lipinski definition) is 1. The molecule has 0 amide bonds. The molecule has 0 saturated heterocycles. The molecule has 1 N–H and O–H groups in total. The molecule has 17 heavy (non-hydrogen) atoms. The zero-order valence-electron chi connectivity index (χ0n) is 9.27. The number of anilines is 1. The monoisotopic (exact) mass is 315 g/mol. The first kappa shape index (κ1) is 12.2. The molecule has 0 aromatic carbocycles. The number of halogens is 1. The highest BCUT2D eigenvalue weighted by atomic mass is 79.9. The Hall–Kier alpha value is -1.28. The van der Waals surface area contributed by atoms with Gasteiger partial charge in [0.1, 0.15) is 21.0 Å². The van der Waals surface area contributed by atoms with Crippen molar-refractivity contribution in [3.8, 4) is 0 Å². The molecule has 0 aliphatic heterocycles. The van der Waals surface area contributed by atoms with Gasteiger partial charge in [-0.3, -0.25) is 9.36 Å². The summed E-state index contributed by atoms with van der Waals surface area (Å²) in [6.45, 7) is 2.15. The Morgan fingerprint density at radius 2 is 2.35 bits per heavy atom. The third kappa shape index (κ3) is 2.37. The molecule has 0 fully saturated rings. The van der Waals surface area contributed by atoms with Gasteiger partial charge in [0, 0.05) is 24.8 Å². The fraction of sp³-hybridized carbons (Fsp3) is 0.333. The van der Waals surface area contributed by atoms with Gasteiger partial charge in [-0.15, -0.1) is 5.10 Å². The molecule has 0 aliphatic rings. The van der Waals surface area contributed by atoms with Gasteiger partial charge < -0.3 is 5.32 Å². The zero-order chi connectivity index (χ0) is 12.4. The molecule has 0 spiro atoms. The van der Waals surface area contributed by atoms with Crippen molar-refractivity contribution in [2.75, 3.05) is 12.4 Å². The number of hydrogen-bond acceptors (Lipinski definition) is 6. The number of nitrogens with zero attached hydrogens (tertiary/aromatic N) is 4. The predicted molar refractivity (Wildman–Crippen MR) is 69.5 cm³/mol. The third-order valence-electron chi connectivity index (χ3n) is 2.30. The fourth-order valence-electron chi connectivity index (χ4n) is 1.39. The van der Waals surface area contributed by atoms with Crippen LogP contribution in [-0.2, 0) is 6.54 Å². The van der Waals surface area contributed by atoms with Gasteiger partial charge in [-0.2, -0.15) is 0 Å². The molecule has 2 aromatic rings. The van der Waals surface area contributed by atoms with E-state index in [1.54, 1.807) is 18.5 Å². The summed E-state index contributed by atoms with van der Waals surface area (Å²) >= 11 is 4.44. The highest BCUT2D eigenvalue weighted by Gasteiger charge is 2.11. The Bertz CT molecular complexity index is 593. The second-order valence-electron chi connectivity index (χ2n) is 3.34. The van der Waals surface area contributed by atoms with Crippen LogP contribution in [0.15, 0.2) is 15.5 Å². The molecule has 0 aliphatic carbocycles. The molecule has 0 atom stereocenters. The van der Waals surface area contributed by atoms with Crippen molar-refractivity contribution in [3.05, 3.63) is 32.5 Å². The lowest BCUT2D eigenvalue weighted by Gasteiger charge is -2.08. The van der Waals surface area contributed by atoms with Gasteiger partial charge in [0.2, 0.25) is 0 Å². The second-order valence-corrected chi connectivity index (χ2v) is 4.95. The third-order valence-corrected chi connectivity index (χ3v) is 3.63. The van der Waals surface area contributed by atoms with Crippen molar-refractivity contribution in [1.82, 2.24) is 19.1 Å². The first-order valence-corrected chi connectivity index (χ1v) is 6.41. The summed E-state index contributed by atoms with van der Waals surface area (Å²) in [5.74, 6) is 0.647. The van der Waals surface area contributed by atoms with Gasteiger partial charge in [-0.1, -0.05) is 4.49 Å².